The van der Waals surface area contributed by atoms with Crippen LogP contribution in [0.2, 0.25) is 0 Å². The zero-order chi connectivity index (χ0) is 9.57. The van der Waals surface area contributed by atoms with E-state index in [4.69, 9.17) is 9.47 Å². The first-order chi connectivity index (χ1) is 6.27. The summed E-state index contributed by atoms with van der Waals surface area (Å²) in [5, 5.41) is 3.27. The highest BCUT2D eigenvalue weighted by Gasteiger charge is 2.29. The van der Waals surface area contributed by atoms with Crippen molar-refractivity contribution in [2.45, 2.75) is 45.4 Å². The lowest BCUT2D eigenvalue weighted by molar-refractivity contribution is -0.166. The molecule has 0 aromatic heterocycles. The third-order valence-electron chi connectivity index (χ3n) is 2.31. The van der Waals surface area contributed by atoms with Crippen LogP contribution in [0.4, 0.5) is 0 Å². The molecular weight excluding hydrogens is 166 g/mol. The normalized spacial score (nSPS) is 20.8. The molecule has 0 radical (unpaired) electrons. The fourth-order valence-corrected chi connectivity index (χ4v) is 1.48. The SMILES string of the molecule is CCCCCCNC1(C)OCCO1. The fourth-order valence-electron chi connectivity index (χ4n) is 1.48. The van der Waals surface area contributed by atoms with Gasteiger partial charge in [0.05, 0.1) is 13.2 Å². The van der Waals surface area contributed by atoms with E-state index in [-0.39, 0.29) is 0 Å². The second kappa shape index (κ2) is 5.58. The highest BCUT2D eigenvalue weighted by Crippen LogP contribution is 2.14. The second-order valence-corrected chi connectivity index (χ2v) is 3.63. The van der Waals surface area contributed by atoms with Crippen molar-refractivity contribution in [1.82, 2.24) is 5.32 Å². The third kappa shape index (κ3) is 4.07. The molecule has 1 N–H and O–H groups in total. The van der Waals surface area contributed by atoms with Crippen LogP contribution >= 0.6 is 0 Å². The van der Waals surface area contributed by atoms with E-state index in [9.17, 15) is 0 Å². The van der Waals surface area contributed by atoms with Crippen molar-refractivity contribution in [2.75, 3.05) is 19.8 Å². The number of nitrogens with one attached hydrogen (secondary N) is 1. The van der Waals surface area contributed by atoms with Crippen LogP contribution < -0.4 is 5.32 Å². The number of ether oxygens (including phenoxy) is 2. The maximum atomic E-state index is 5.41. The summed E-state index contributed by atoms with van der Waals surface area (Å²) in [6.07, 6.45) is 5.10. The summed E-state index contributed by atoms with van der Waals surface area (Å²) < 4.78 is 10.8. The summed E-state index contributed by atoms with van der Waals surface area (Å²) in [4.78, 5) is 0. The predicted octanol–water partition coefficient (Wildman–Crippen LogP) is 1.88. The van der Waals surface area contributed by atoms with E-state index in [0.29, 0.717) is 13.2 Å². The number of hydrogen-bond donors (Lipinski definition) is 1. The van der Waals surface area contributed by atoms with Gasteiger partial charge in [-0.25, -0.2) is 0 Å². The molecule has 0 saturated carbocycles. The Morgan fingerprint density at radius 3 is 2.46 bits per heavy atom. The largest absolute Gasteiger partial charge is 0.335 e. The smallest absolute Gasteiger partial charge is 0.224 e. The van der Waals surface area contributed by atoms with E-state index in [0.717, 1.165) is 6.54 Å². The van der Waals surface area contributed by atoms with Gasteiger partial charge in [0.15, 0.2) is 0 Å². The van der Waals surface area contributed by atoms with Crippen molar-refractivity contribution in [3.05, 3.63) is 0 Å². The molecule has 3 nitrogen and oxygen atoms in total. The molecule has 1 fully saturated rings. The molecule has 0 amide bonds. The average Bonchev–Trinajstić information content (AvgIpc) is 2.53. The van der Waals surface area contributed by atoms with Gasteiger partial charge in [0, 0.05) is 13.5 Å². The van der Waals surface area contributed by atoms with Crippen LogP contribution in [0.3, 0.4) is 0 Å². The standard InChI is InChI=1S/C10H21NO2/c1-3-4-5-6-7-11-10(2)12-8-9-13-10/h11H,3-9H2,1-2H3. The molecule has 0 spiro atoms. The van der Waals surface area contributed by atoms with Crippen LogP contribution in [0, 0.1) is 0 Å². The molecule has 0 unspecified atom stereocenters. The molecule has 3 heteroatoms. The molecule has 0 aromatic rings. The Morgan fingerprint density at radius 2 is 1.85 bits per heavy atom. The van der Waals surface area contributed by atoms with Gasteiger partial charge in [0.25, 0.3) is 0 Å². The minimum atomic E-state index is -0.508. The van der Waals surface area contributed by atoms with E-state index < -0.39 is 5.91 Å². The molecule has 13 heavy (non-hydrogen) atoms. The van der Waals surface area contributed by atoms with Gasteiger partial charge >= 0.3 is 0 Å². The van der Waals surface area contributed by atoms with Crippen LogP contribution in [0.1, 0.15) is 39.5 Å². The van der Waals surface area contributed by atoms with E-state index in [1.807, 2.05) is 6.92 Å². The highest BCUT2D eigenvalue weighted by molar-refractivity contribution is 4.64. The summed E-state index contributed by atoms with van der Waals surface area (Å²) >= 11 is 0. The zero-order valence-corrected chi connectivity index (χ0v) is 8.77. The van der Waals surface area contributed by atoms with Gasteiger partial charge in [0.2, 0.25) is 5.91 Å². The molecule has 78 valence electrons. The van der Waals surface area contributed by atoms with Gasteiger partial charge in [-0.2, -0.15) is 0 Å². The van der Waals surface area contributed by atoms with E-state index in [2.05, 4.69) is 12.2 Å². The molecule has 1 rings (SSSR count). The van der Waals surface area contributed by atoms with Gasteiger partial charge in [-0.05, 0) is 6.42 Å². The lowest BCUT2D eigenvalue weighted by Gasteiger charge is -2.23. The monoisotopic (exact) mass is 187 g/mol. The van der Waals surface area contributed by atoms with Crippen molar-refractivity contribution in [2.24, 2.45) is 0 Å². The third-order valence-corrected chi connectivity index (χ3v) is 2.31. The van der Waals surface area contributed by atoms with Crippen molar-refractivity contribution < 1.29 is 9.47 Å². The highest BCUT2D eigenvalue weighted by atomic mass is 16.8. The van der Waals surface area contributed by atoms with Crippen molar-refractivity contribution in [3.8, 4) is 0 Å². The maximum Gasteiger partial charge on any atom is 0.224 e. The van der Waals surface area contributed by atoms with Crippen LogP contribution in [-0.2, 0) is 9.47 Å². The van der Waals surface area contributed by atoms with E-state index in [1.165, 1.54) is 25.7 Å². The van der Waals surface area contributed by atoms with Gasteiger partial charge < -0.3 is 9.47 Å². The van der Waals surface area contributed by atoms with Gasteiger partial charge in [0.1, 0.15) is 0 Å². The average molecular weight is 187 g/mol. The summed E-state index contributed by atoms with van der Waals surface area (Å²) in [5.41, 5.74) is 0. The van der Waals surface area contributed by atoms with Gasteiger partial charge in [-0.3, -0.25) is 5.32 Å². The van der Waals surface area contributed by atoms with Crippen LogP contribution in [-0.4, -0.2) is 25.7 Å². The minimum Gasteiger partial charge on any atom is -0.335 e. The molecule has 1 aliphatic rings. The van der Waals surface area contributed by atoms with Crippen LogP contribution in [0.15, 0.2) is 0 Å². The number of hydrogen-bond acceptors (Lipinski definition) is 3. The van der Waals surface area contributed by atoms with Crippen molar-refractivity contribution >= 4 is 0 Å². The lowest BCUT2D eigenvalue weighted by Crippen LogP contribution is -2.43. The molecule has 1 heterocycles. The summed E-state index contributed by atoms with van der Waals surface area (Å²) in [7, 11) is 0. The topological polar surface area (TPSA) is 30.5 Å². The Labute approximate surface area is 80.8 Å². The summed E-state index contributed by atoms with van der Waals surface area (Å²) in [6.45, 7) is 6.56. The Hall–Kier alpha value is -0.120. The lowest BCUT2D eigenvalue weighted by atomic mass is 10.2. The van der Waals surface area contributed by atoms with E-state index >= 15 is 0 Å². The molecule has 0 bridgehead atoms. The number of rotatable bonds is 6. The van der Waals surface area contributed by atoms with Gasteiger partial charge in [-0.1, -0.05) is 26.2 Å². The quantitative estimate of drug-likeness (QED) is 0.644. The Bertz CT molecular complexity index is 133. The molecule has 0 atom stereocenters. The maximum absolute atomic E-state index is 5.41. The molecule has 0 aliphatic carbocycles. The summed E-state index contributed by atoms with van der Waals surface area (Å²) in [5.74, 6) is -0.508. The van der Waals surface area contributed by atoms with E-state index in [1.54, 1.807) is 0 Å². The first-order valence-electron chi connectivity index (χ1n) is 5.30. The molecule has 0 aromatic carbocycles. The van der Waals surface area contributed by atoms with Crippen LogP contribution in [0.25, 0.3) is 0 Å². The Morgan fingerprint density at radius 1 is 1.15 bits per heavy atom. The number of unbranched alkanes of at least 4 members (excludes halogenated alkanes) is 3. The fraction of sp³-hybridized carbons (Fsp3) is 1.00. The Kier molecular flexibility index (Phi) is 4.70. The van der Waals surface area contributed by atoms with Crippen molar-refractivity contribution in [3.63, 3.8) is 0 Å². The second-order valence-electron chi connectivity index (χ2n) is 3.63. The predicted molar refractivity (Wildman–Crippen MR) is 52.5 cm³/mol. The zero-order valence-electron chi connectivity index (χ0n) is 8.77. The minimum absolute atomic E-state index is 0.508. The molecular formula is C10H21NO2. The van der Waals surface area contributed by atoms with Gasteiger partial charge in [-0.15, -0.1) is 0 Å². The van der Waals surface area contributed by atoms with Crippen LogP contribution in [0.5, 0.6) is 0 Å². The summed E-state index contributed by atoms with van der Waals surface area (Å²) in [6, 6.07) is 0. The molecule has 1 saturated heterocycles. The first kappa shape index (κ1) is 11.0. The van der Waals surface area contributed by atoms with Crippen molar-refractivity contribution in [1.29, 1.82) is 0 Å². The first-order valence-corrected chi connectivity index (χ1v) is 5.30. The molecule has 1 aliphatic heterocycles. The Balaban J connectivity index is 1.98.